The fourth-order valence-electron chi connectivity index (χ4n) is 3.53. The zero-order valence-electron chi connectivity index (χ0n) is 15.7. The maximum Gasteiger partial charge on any atom is 0.343 e. The third kappa shape index (κ3) is 3.08. The molecule has 0 aromatic carbocycles. The summed E-state index contributed by atoms with van der Waals surface area (Å²) in [4.78, 5) is 42.3. The lowest BCUT2D eigenvalue weighted by atomic mass is 10.0. The average Bonchev–Trinajstić information content (AvgIpc) is 3.53. The molecule has 7 nitrogen and oxygen atoms in total. The fraction of sp³-hybridized carbons (Fsp3) is 0.400. The van der Waals surface area contributed by atoms with Crippen molar-refractivity contribution in [3.8, 4) is 0 Å². The smallest absolute Gasteiger partial charge is 0.343 e. The normalized spacial score (nSPS) is 16.8. The molecule has 0 bridgehead atoms. The van der Waals surface area contributed by atoms with E-state index >= 15 is 0 Å². The Morgan fingerprint density at radius 1 is 1.32 bits per heavy atom. The molecule has 0 N–H and O–H groups in total. The third-order valence-corrected chi connectivity index (χ3v) is 5.26. The quantitative estimate of drug-likeness (QED) is 0.758. The standard InChI is InChI=1S/C20H20FN3O4/c1-11(25)23-7-5-12(6-8-23)17-16(21)9-14-18(26)15(20(27)28-2)10-24(13-3-4-13)19(14)22-17/h5,9-10,13H,3-4,6-8H2,1-2H3. The second kappa shape index (κ2) is 6.85. The van der Waals surface area contributed by atoms with Crippen molar-refractivity contribution in [2.24, 2.45) is 0 Å². The van der Waals surface area contributed by atoms with Gasteiger partial charge in [-0.05, 0) is 30.9 Å². The number of carbonyl (C=O) groups is 2. The van der Waals surface area contributed by atoms with Crippen LogP contribution in [0, 0.1) is 5.82 Å². The van der Waals surface area contributed by atoms with Crippen LogP contribution in [0.4, 0.5) is 4.39 Å². The highest BCUT2D eigenvalue weighted by atomic mass is 19.1. The molecular weight excluding hydrogens is 365 g/mol. The van der Waals surface area contributed by atoms with Crippen LogP contribution in [-0.2, 0) is 9.53 Å². The van der Waals surface area contributed by atoms with Gasteiger partial charge in [-0.1, -0.05) is 6.08 Å². The molecule has 2 aromatic heterocycles. The Morgan fingerprint density at radius 3 is 2.64 bits per heavy atom. The highest BCUT2D eigenvalue weighted by molar-refractivity contribution is 5.93. The first kappa shape index (κ1) is 18.3. The second-order valence-electron chi connectivity index (χ2n) is 7.14. The molecule has 146 valence electrons. The summed E-state index contributed by atoms with van der Waals surface area (Å²) in [5, 5.41) is 0.0674. The Balaban J connectivity index is 1.87. The Hall–Kier alpha value is -3.03. The van der Waals surface area contributed by atoms with E-state index in [2.05, 4.69) is 4.98 Å². The lowest BCUT2D eigenvalue weighted by Crippen LogP contribution is -2.32. The van der Waals surface area contributed by atoms with Crippen molar-refractivity contribution in [2.45, 2.75) is 32.2 Å². The Morgan fingerprint density at radius 2 is 2.07 bits per heavy atom. The van der Waals surface area contributed by atoms with E-state index in [4.69, 9.17) is 4.74 Å². The molecule has 0 radical (unpaired) electrons. The van der Waals surface area contributed by atoms with Gasteiger partial charge in [0.2, 0.25) is 11.3 Å². The first-order valence-corrected chi connectivity index (χ1v) is 9.19. The molecule has 1 amide bonds. The summed E-state index contributed by atoms with van der Waals surface area (Å²) in [6.07, 6.45) is 5.56. The van der Waals surface area contributed by atoms with Crippen LogP contribution < -0.4 is 5.43 Å². The van der Waals surface area contributed by atoms with Gasteiger partial charge in [-0.15, -0.1) is 0 Å². The minimum Gasteiger partial charge on any atom is -0.465 e. The zero-order valence-corrected chi connectivity index (χ0v) is 15.7. The van der Waals surface area contributed by atoms with Crippen LogP contribution in [0.3, 0.4) is 0 Å². The lowest BCUT2D eigenvalue weighted by molar-refractivity contribution is -0.128. The van der Waals surface area contributed by atoms with Gasteiger partial charge in [0.15, 0.2) is 0 Å². The molecule has 0 spiro atoms. The Bertz CT molecular complexity index is 1090. The predicted molar refractivity (Wildman–Crippen MR) is 100 cm³/mol. The highest BCUT2D eigenvalue weighted by Crippen LogP contribution is 2.37. The molecule has 0 saturated heterocycles. The van der Waals surface area contributed by atoms with Crippen molar-refractivity contribution < 1.29 is 18.7 Å². The van der Waals surface area contributed by atoms with Crippen LogP contribution in [0.15, 0.2) is 23.1 Å². The van der Waals surface area contributed by atoms with E-state index in [9.17, 15) is 18.8 Å². The highest BCUT2D eigenvalue weighted by Gasteiger charge is 2.29. The monoisotopic (exact) mass is 385 g/mol. The van der Waals surface area contributed by atoms with Crippen LogP contribution >= 0.6 is 0 Å². The minimum absolute atomic E-state index is 0.0276. The van der Waals surface area contributed by atoms with E-state index in [-0.39, 0.29) is 28.6 Å². The fourth-order valence-corrected chi connectivity index (χ4v) is 3.53. The van der Waals surface area contributed by atoms with Crippen molar-refractivity contribution in [2.75, 3.05) is 20.2 Å². The van der Waals surface area contributed by atoms with Crippen LogP contribution in [0.1, 0.15) is 48.3 Å². The van der Waals surface area contributed by atoms with E-state index in [0.29, 0.717) is 30.7 Å². The summed E-state index contributed by atoms with van der Waals surface area (Å²) in [5.74, 6) is -1.39. The van der Waals surface area contributed by atoms with Gasteiger partial charge in [-0.3, -0.25) is 9.59 Å². The van der Waals surface area contributed by atoms with Gasteiger partial charge < -0.3 is 14.2 Å². The van der Waals surface area contributed by atoms with Gasteiger partial charge in [0.05, 0.1) is 12.5 Å². The van der Waals surface area contributed by atoms with Gasteiger partial charge >= 0.3 is 5.97 Å². The Kier molecular flexibility index (Phi) is 4.49. The van der Waals surface area contributed by atoms with E-state index in [1.807, 2.05) is 0 Å². The number of esters is 1. The maximum atomic E-state index is 14.9. The molecule has 2 aliphatic rings. The molecule has 28 heavy (non-hydrogen) atoms. The van der Waals surface area contributed by atoms with E-state index in [0.717, 1.165) is 18.9 Å². The first-order valence-electron chi connectivity index (χ1n) is 9.19. The van der Waals surface area contributed by atoms with Crippen molar-refractivity contribution in [1.29, 1.82) is 0 Å². The number of hydrogen-bond donors (Lipinski definition) is 0. The topological polar surface area (TPSA) is 81.5 Å². The van der Waals surface area contributed by atoms with Gasteiger partial charge in [-0.2, -0.15) is 0 Å². The average molecular weight is 385 g/mol. The molecule has 1 aliphatic heterocycles. The van der Waals surface area contributed by atoms with Crippen molar-refractivity contribution >= 4 is 28.5 Å². The van der Waals surface area contributed by atoms with Crippen LogP contribution in [0.2, 0.25) is 0 Å². The van der Waals surface area contributed by atoms with Gasteiger partial charge in [0.25, 0.3) is 0 Å². The molecule has 2 aromatic rings. The summed E-state index contributed by atoms with van der Waals surface area (Å²) < 4.78 is 21.3. The molecule has 4 rings (SSSR count). The van der Waals surface area contributed by atoms with E-state index in [1.165, 1.54) is 20.2 Å². The number of fused-ring (bicyclic) bond motifs is 1. The van der Waals surface area contributed by atoms with Crippen molar-refractivity contribution in [3.05, 3.63) is 45.6 Å². The molecule has 0 unspecified atom stereocenters. The lowest BCUT2D eigenvalue weighted by Gasteiger charge is -2.25. The number of hydrogen-bond acceptors (Lipinski definition) is 5. The zero-order chi connectivity index (χ0) is 20.0. The molecule has 8 heteroatoms. The van der Waals surface area contributed by atoms with Crippen LogP contribution in [-0.4, -0.2) is 46.5 Å². The molecule has 1 saturated carbocycles. The van der Waals surface area contributed by atoms with Crippen LogP contribution in [0.25, 0.3) is 16.6 Å². The molecule has 3 heterocycles. The Labute approximate surface area is 160 Å². The number of amides is 1. The SMILES string of the molecule is COC(=O)c1cn(C2CC2)c2nc(C3=CCN(C(C)=O)CC3)c(F)cc2c1=O. The minimum atomic E-state index is -0.745. The number of halogens is 1. The number of methoxy groups -OCH3 is 1. The molecule has 1 aliphatic carbocycles. The number of nitrogens with zero attached hydrogens (tertiary/aromatic N) is 3. The second-order valence-corrected chi connectivity index (χ2v) is 7.14. The summed E-state index contributed by atoms with van der Waals surface area (Å²) in [6.45, 7) is 2.40. The molecular formula is C20H20FN3O4. The van der Waals surface area contributed by atoms with Gasteiger partial charge in [0, 0.05) is 32.3 Å². The van der Waals surface area contributed by atoms with Crippen LogP contribution in [0.5, 0.6) is 0 Å². The third-order valence-electron chi connectivity index (χ3n) is 5.26. The number of rotatable bonds is 3. The van der Waals surface area contributed by atoms with E-state index in [1.54, 1.807) is 15.5 Å². The van der Waals surface area contributed by atoms with Crippen molar-refractivity contribution in [1.82, 2.24) is 14.5 Å². The summed E-state index contributed by atoms with van der Waals surface area (Å²) in [5.41, 5.74) is 0.562. The maximum absolute atomic E-state index is 14.9. The molecule has 0 atom stereocenters. The number of carbonyl (C=O) groups excluding carboxylic acids is 2. The predicted octanol–water partition coefficient (Wildman–Crippen LogP) is 2.29. The summed E-state index contributed by atoms with van der Waals surface area (Å²) in [7, 11) is 1.20. The van der Waals surface area contributed by atoms with Gasteiger partial charge in [-0.25, -0.2) is 14.2 Å². The van der Waals surface area contributed by atoms with Gasteiger partial charge in [0.1, 0.15) is 22.7 Å². The number of pyridine rings is 2. The van der Waals surface area contributed by atoms with E-state index < -0.39 is 17.2 Å². The molecule has 1 fully saturated rings. The first-order chi connectivity index (χ1) is 13.4. The number of aromatic nitrogens is 2. The number of ether oxygens (including phenoxy) is 1. The summed E-state index contributed by atoms with van der Waals surface area (Å²) >= 11 is 0. The summed E-state index contributed by atoms with van der Waals surface area (Å²) in [6, 6.07) is 1.29. The van der Waals surface area contributed by atoms with Crippen molar-refractivity contribution in [3.63, 3.8) is 0 Å². The largest absolute Gasteiger partial charge is 0.465 e.